The van der Waals surface area contributed by atoms with Gasteiger partial charge in [0.1, 0.15) is 5.84 Å². The molecule has 1 aromatic rings. The minimum Gasteiger partial charge on any atom is -0.409 e. The standard InChI is InChI=1S/C15H24N4O2/c1-2-9-18-15(20)8-10-17-13(11-14(16)19-21)12-6-4-3-5-7-12/h3-7,13,17,21H,2,8-11H2,1H3,(H2,16,19)(H,18,20). The molecular formula is C15H24N4O2. The van der Waals surface area contributed by atoms with E-state index in [2.05, 4.69) is 15.8 Å². The quantitative estimate of drug-likeness (QED) is 0.239. The van der Waals surface area contributed by atoms with Crippen molar-refractivity contribution in [3.05, 3.63) is 35.9 Å². The van der Waals surface area contributed by atoms with E-state index in [-0.39, 0.29) is 17.8 Å². The summed E-state index contributed by atoms with van der Waals surface area (Å²) in [5.74, 6) is 0.187. The molecule has 1 aromatic carbocycles. The van der Waals surface area contributed by atoms with E-state index < -0.39 is 0 Å². The molecule has 1 rings (SSSR count). The van der Waals surface area contributed by atoms with Crippen molar-refractivity contribution >= 4 is 11.7 Å². The minimum atomic E-state index is -0.0823. The molecule has 0 radical (unpaired) electrons. The number of carbonyl (C=O) groups is 1. The Kier molecular flexibility index (Phi) is 7.89. The van der Waals surface area contributed by atoms with Crippen LogP contribution in [0.1, 0.15) is 37.8 Å². The Balaban J connectivity index is 2.52. The fourth-order valence-corrected chi connectivity index (χ4v) is 1.96. The molecule has 0 saturated heterocycles. The van der Waals surface area contributed by atoms with Crippen LogP contribution in [0.3, 0.4) is 0 Å². The second-order valence-corrected chi connectivity index (χ2v) is 4.81. The first kappa shape index (κ1) is 17.0. The fourth-order valence-electron chi connectivity index (χ4n) is 1.96. The van der Waals surface area contributed by atoms with Crippen molar-refractivity contribution in [2.45, 2.75) is 32.2 Å². The molecule has 1 amide bonds. The van der Waals surface area contributed by atoms with Crippen LogP contribution in [-0.4, -0.2) is 30.0 Å². The Hall–Kier alpha value is -2.08. The fraction of sp³-hybridized carbons (Fsp3) is 0.467. The number of hydrogen-bond acceptors (Lipinski definition) is 4. The molecule has 0 spiro atoms. The summed E-state index contributed by atoms with van der Waals surface area (Å²) in [6.45, 7) is 3.25. The van der Waals surface area contributed by atoms with E-state index in [0.717, 1.165) is 12.0 Å². The highest BCUT2D eigenvalue weighted by atomic mass is 16.4. The summed E-state index contributed by atoms with van der Waals surface area (Å²) >= 11 is 0. The van der Waals surface area contributed by atoms with Crippen LogP contribution in [0.25, 0.3) is 0 Å². The lowest BCUT2D eigenvalue weighted by atomic mass is 10.0. The number of nitrogens with two attached hydrogens (primary N) is 1. The van der Waals surface area contributed by atoms with Gasteiger partial charge in [-0.3, -0.25) is 4.79 Å². The van der Waals surface area contributed by atoms with Gasteiger partial charge in [0.05, 0.1) is 0 Å². The Labute approximate surface area is 125 Å². The van der Waals surface area contributed by atoms with Gasteiger partial charge in [0.15, 0.2) is 0 Å². The monoisotopic (exact) mass is 292 g/mol. The average Bonchev–Trinajstić information content (AvgIpc) is 2.52. The van der Waals surface area contributed by atoms with E-state index in [1.54, 1.807) is 0 Å². The predicted octanol–water partition coefficient (Wildman–Crippen LogP) is 1.37. The molecule has 6 nitrogen and oxygen atoms in total. The van der Waals surface area contributed by atoms with E-state index >= 15 is 0 Å². The number of rotatable bonds is 9. The molecule has 0 aliphatic heterocycles. The van der Waals surface area contributed by atoms with Crippen molar-refractivity contribution in [2.75, 3.05) is 13.1 Å². The molecule has 0 aliphatic carbocycles. The highest BCUT2D eigenvalue weighted by molar-refractivity contribution is 5.80. The number of amides is 1. The lowest BCUT2D eigenvalue weighted by Crippen LogP contribution is -2.31. The number of hydrogen-bond donors (Lipinski definition) is 4. The zero-order chi connectivity index (χ0) is 15.5. The van der Waals surface area contributed by atoms with Crippen LogP contribution >= 0.6 is 0 Å². The van der Waals surface area contributed by atoms with Gasteiger partial charge in [0.2, 0.25) is 5.91 Å². The normalized spacial score (nSPS) is 12.9. The molecular weight excluding hydrogens is 268 g/mol. The maximum Gasteiger partial charge on any atom is 0.221 e. The van der Waals surface area contributed by atoms with E-state index in [1.807, 2.05) is 37.3 Å². The Morgan fingerprint density at radius 1 is 1.33 bits per heavy atom. The average molecular weight is 292 g/mol. The molecule has 0 bridgehead atoms. The summed E-state index contributed by atoms with van der Waals surface area (Å²) in [7, 11) is 0. The first-order valence-corrected chi connectivity index (χ1v) is 7.18. The van der Waals surface area contributed by atoms with Crippen LogP contribution in [0, 0.1) is 0 Å². The molecule has 0 heterocycles. The van der Waals surface area contributed by atoms with Gasteiger partial charge in [-0.25, -0.2) is 0 Å². The summed E-state index contributed by atoms with van der Waals surface area (Å²) in [4.78, 5) is 11.6. The maximum atomic E-state index is 11.6. The lowest BCUT2D eigenvalue weighted by molar-refractivity contribution is -0.121. The largest absolute Gasteiger partial charge is 0.409 e. The zero-order valence-electron chi connectivity index (χ0n) is 12.4. The number of nitrogens with one attached hydrogen (secondary N) is 2. The van der Waals surface area contributed by atoms with E-state index in [4.69, 9.17) is 10.9 Å². The van der Waals surface area contributed by atoms with Crippen LogP contribution in [0.4, 0.5) is 0 Å². The van der Waals surface area contributed by atoms with Crippen LogP contribution in [0.2, 0.25) is 0 Å². The molecule has 5 N–H and O–H groups in total. The van der Waals surface area contributed by atoms with Crippen molar-refractivity contribution in [2.24, 2.45) is 10.9 Å². The van der Waals surface area contributed by atoms with Crippen molar-refractivity contribution in [3.63, 3.8) is 0 Å². The highest BCUT2D eigenvalue weighted by Crippen LogP contribution is 2.16. The summed E-state index contributed by atoms with van der Waals surface area (Å²) in [5.41, 5.74) is 6.63. The summed E-state index contributed by atoms with van der Waals surface area (Å²) in [6, 6.07) is 9.66. The molecule has 1 unspecified atom stereocenters. The topological polar surface area (TPSA) is 99.7 Å². The number of carbonyl (C=O) groups excluding carboxylic acids is 1. The number of benzene rings is 1. The molecule has 6 heteroatoms. The van der Waals surface area contributed by atoms with Gasteiger partial charge in [-0.2, -0.15) is 0 Å². The maximum absolute atomic E-state index is 11.6. The first-order valence-electron chi connectivity index (χ1n) is 7.18. The molecule has 0 saturated carbocycles. The molecule has 21 heavy (non-hydrogen) atoms. The van der Waals surface area contributed by atoms with Crippen LogP contribution in [-0.2, 0) is 4.79 Å². The van der Waals surface area contributed by atoms with Gasteiger partial charge < -0.3 is 21.6 Å². The van der Waals surface area contributed by atoms with Crippen LogP contribution in [0.15, 0.2) is 35.5 Å². The molecule has 0 fully saturated rings. The van der Waals surface area contributed by atoms with Gasteiger partial charge in [-0.05, 0) is 12.0 Å². The van der Waals surface area contributed by atoms with Gasteiger partial charge in [0, 0.05) is 32.0 Å². The smallest absolute Gasteiger partial charge is 0.221 e. The molecule has 116 valence electrons. The summed E-state index contributed by atoms with van der Waals surface area (Å²) < 4.78 is 0. The first-order chi connectivity index (χ1) is 10.2. The van der Waals surface area contributed by atoms with Crippen molar-refractivity contribution in [3.8, 4) is 0 Å². The molecule has 0 aromatic heterocycles. The Bertz CT molecular complexity index is 448. The van der Waals surface area contributed by atoms with Crippen molar-refractivity contribution in [1.29, 1.82) is 0 Å². The molecule has 0 aliphatic rings. The van der Waals surface area contributed by atoms with Crippen LogP contribution in [0.5, 0.6) is 0 Å². The number of amidine groups is 1. The second-order valence-electron chi connectivity index (χ2n) is 4.81. The summed E-state index contributed by atoms with van der Waals surface area (Å²) in [5, 5.41) is 17.8. The SMILES string of the molecule is CCCNC(=O)CCNC(CC(N)=NO)c1ccccc1. The third-order valence-electron chi connectivity index (χ3n) is 3.06. The van der Waals surface area contributed by atoms with Gasteiger partial charge in [-0.1, -0.05) is 42.4 Å². The Morgan fingerprint density at radius 3 is 2.67 bits per heavy atom. The number of nitrogens with zero attached hydrogens (tertiary/aromatic N) is 1. The van der Waals surface area contributed by atoms with E-state index in [0.29, 0.717) is 25.9 Å². The van der Waals surface area contributed by atoms with Crippen LogP contribution < -0.4 is 16.4 Å². The zero-order valence-corrected chi connectivity index (χ0v) is 12.4. The summed E-state index contributed by atoms with van der Waals surface area (Å²) in [6.07, 6.45) is 1.71. The lowest BCUT2D eigenvalue weighted by Gasteiger charge is -2.18. The van der Waals surface area contributed by atoms with E-state index in [9.17, 15) is 4.79 Å². The predicted molar refractivity (Wildman–Crippen MR) is 83.1 cm³/mol. The third-order valence-corrected chi connectivity index (χ3v) is 3.06. The third kappa shape index (κ3) is 6.76. The van der Waals surface area contributed by atoms with Crippen molar-refractivity contribution < 1.29 is 10.0 Å². The van der Waals surface area contributed by atoms with Gasteiger partial charge in [-0.15, -0.1) is 0 Å². The number of oxime groups is 1. The highest BCUT2D eigenvalue weighted by Gasteiger charge is 2.13. The van der Waals surface area contributed by atoms with Gasteiger partial charge >= 0.3 is 0 Å². The van der Waals surface area contributed by atoms with Crippen molar-refractivity contribution in [1.82, 2.24) is 10.6 Å². The Morgan fingerprint density at radius 2 is 2.05 bits per heavy atom. The second kappa shape index (κ2) is 9.77. The van der Waals surface area contributed by atoms with E-state index in [1.165, 1.54) is 0 Å². The minimum absolute atomic E-state index is 0.0277. The molecule has 1 atom stereocenters. The van der Waals surface area contributed by atoms with Gasteiger partial charge in [0.25, 0.3) is 0 Å².